The van der Waals surface area contributed by atoms with Crippen LogP contribution >= 0.6 is 0 Å². The standard InChI is InChI=1S/C14H20FN3O/c15-13-3-1-12(2-4-13)11-14(19)17-7-10-18-8-5-16-6-9-18/h1-4,16H,5-11H2,(H,17,19). The maximum Gasteiger partial charge on any atom is 0.224 e. The third kappa shape index (κ3) is 4.96. The van der Waals surface area contributed by atoms with Crippen LogP contribution in [0.5, 0.6) is 0 Å². The lowest BCUT2D eigenvalue weighted by atomic mass is 10.1. The molecule has 1 aromatic rings. The molecule has 0 aromatic heterocycles. The van der Waals surface area contributed by atoms with Gasteiger partial charge in [0.2, 0.25) is 5.91 Å². The minimum absolute atomic E-state index is 0.0123. The van der Waals surface area contributed by atoms with Crippen molar-refractivity contribution in [3.63, 3.8) is 0 Å². The van der Waals surface area contributed by atoms with Gasteiger partial charge < -0.3 is 10.6 Å². The number of piperazine rings is 1. The maximum absolute atomic E-state index is 12.7. The van der Waals surface area contributed by atoms with Crippen LogP contribution in [0, 0.1) is 5.82 Å². The second-order valence-corrected chi connectivity index (χ2v) is 4.74. The van der Waals surface area contributed by atoms with Crippen LogP contribution in [-0.4, -0.2) is 50.1 Å². The number of benzene rings is 1. The van der Waals surface area contributed by atoms with Crippen molar-refractivity contribution in [3.05, 3.63) is 35.6 Å². The summed E-state index contributed by atoms with van der Waals surface area (Å²) in [5.41, 5.74) is 0.834. The average Bonchev–Trinajstić information content (AvgIpc) is 2.43. The lowest BCUT2D eigenvalue weighted by molar-refractivity contribution is -0.120. The molecule has 0 saturated carbocycles. The zero-order valence-electron chi connectivity index (χ0n) is 11.0. The summed E-state index contributed by atoms with van der Waals surface area (Å²) >= 11 is 0. The monoisotopic (exact) mass is 265 g/mol. The van der Waals surface area contributed by atoms with E-state index >= 15 is 0 Å². The second-order valence-electron chi connectivity index (χ2n) is 4.74. The normalized spacial score (nSPS) is 16.3. The van der Waals surface area contributed by atoms with Crippen molar-refractivity contribution in [3.8, 4) is 0 Å². The number of halogens is 1. The molecule has 0 bridgehead atoms. The summed E-state index contributed by atoms with van der Waals surface area (Å²) in [7, 11) is 0. The Labute approximate surface area is 113 Å². The zero-order valence-corrected chi connectivity index (χ0v) is 11.0. The van der Waals surface area contributed by atoms with Crippen LogP contribution in [0.15, 0.2) is 24.3 Å². The topological polar surface area (TPSA) is 44.4 Å². The summed E-state index contributed by atoms with van der Waals surface area (Å²) < 4.78 is 12.7. The van der Waals surface area contributed by atoms with Gasteiger partial charge in [0.1, 0.15) is 5.82 Å². The van der Waals surface area contributed by atoms with E-state index in [0.717, 1.165) is 38.3 Å². The summed E-state index contributed by atoms with van der Waals surface area (Å²) in [5, 5.41) is 6.19. The minimum Gasteiger partial charge on any atom is -0.355 e. The van der Waals surface area contributed by atoms with Crippen molar-refractivity contribution in [2.75, 3.05) is 39.3 Å². The highest BCUT2D eigenvalue weighted by atomic mass is 19.1. The fraction of sp³-hybridized carbons (Fsp3) is 0.500. The summed E-state index contributed by atoms with van der Waals surface area (Å²) in [6, 6.07) is 6.04. The molecule has 1 heterocycles. The SMILES string of the molecule is O=C(Cc1ccc(F)cc1)NCCN1CCNCC1. The predicted molar refractivity (Wildman–Crippen MR) is 72.4 cm³/mol. The van der Waals surface area contributed by atoms with Gasteiger partial charge >= 0.3 is 0 Å². The van der Waals surface area contributed by atoms with E-state index in [1.165, 1.54) is 12.1 Å². The molecule has 4 nitrogen and oxygen atoms in total. The van der Waals surface area contributed by atoms with E-state index < -0.39 is 0 Å². The molecule has 19 heavy (non-hydrogen) atoms. The van der Waals surface area contributed by atoms with Gasteiger partial charge in [0, 0.05) is 39.3 Å². The number of nitrogens with zero attached hydrogens (tertiary/aromatic N) is 1. The quantitative estimate of drug-likeness (QED) is 0.809. The molecular weight excluding hydrogens is 245 g/mol. The molecule has 2 rings (SSSR count). The summed E-state index contributed by atoms with van der Waals surface area (Å²) in [6.45, 7) is 5.66. The van der Waals surface area contributed by atoms with Crippen molar-refractivity contribution < 1.29 is 9.18 Å². The van der Waals surface area contributed by atoms with Crippen molar-refractivity contribution in [2.24, 2.45) is 0 Å². The molecule has 104 valence electrons. The van der Waals surface area contributed by atoms with E-state index in [0.29, 0.717) is 13.0 Å². The van der Waals surface area contributed by atoms with E-state index in [4.69, 9.17) is 0 Å². The molecule has 0 radical (unpaired) electrons. The van der Waals surface area contributed by atoms with Gasteiger partial charge in [0.15, 0.2) is 0 Å². The van der Waals surface area contributed by atoms with Crippen LogP contribution in [0.1, 0.15) is 5.56 Å². The molecule has 2 N–H and O–H groups in total. The van der Waals surface area contributed by atoms with Crippen LogP contribution < -0.4 is 10.6 Å². The number of amides is 1. The van der Waals surface area contributed by atoms with Crippen molar-refractivity contribution >= 4 is 5.91 Å². The maximum atomic E-state index is 12.7. The molecule has 1 aliphatic heterocycles. The molecule has 1 saturated heterocycles. The van der Waals surface area contributed by atoms with Gasteiger partial charge in [-0.25, -0.2) is 4.39 Å². The highest BCUT2D eigenvalue weighted by Gasteiger charge is 2.09. The number of hydrogen-bond acceptors (Lipinski definition) is 3. The van der Waals surface area contributed by atoms with E-state index in [1.54, 1.807) is 12.1 Å². The summed E-state index contributed by atoms with van der Waals surface area (Å²) in [6.07, 6.45) is 0.307. The van der Waals surface area contributed by atoms with Crippen molar-refractivity contribution in [1.82, 2.24) is 15.5 Å². The van der Waals surface area contributed by atoms with Crippen LogP contribution in [0.4, 0.5) is 4.39 Å². The number of carbonyl (C=O) groups excluding carboxylic acids is 1. The number of nitrogens with one attached hydrogen (secondary N) is 2. The Morgan fingerprint density at radius 1 is 1.26 bits per heavy atom. The third-order valence-electron chi connectivity index (χ3n) is 3.24. The van der Waals surface area contributed by atoms with Crippen molar-refractivity contribution in [2.45, 2.75) is 6.42 Å². The molecule has 1 amide bonds. The van der Waals surface area contributed by atoms with Gasteiger partial charge in [-0.3, -0.25) is 9.69 Å². The molecule has 1 fully saturated rings. The Balaban J connectivity index is 1.65. The molecule has 1 aromatic carbocycles. The smallest absolute Gasteiger partial charge is 0.224 e. The summed E-state index contributed by atoms with van der Waals surface area (Å²) in [4.78, 5) is 14.0. The molecule has 0 atom stereocenters. The molecular formula is C14H20FN3O. The summed E-state index contributed by atoms with van der Waals surface area (Å²) in [5.74, 6) is -0.287. The molecule has 5 heteroatoms. The van der Waals surface area contributed by atoms with Crippen LogP contribution in [0.2, 0.25) is 0 Å². The first-order valence-electron chi connectivity index (χ1n) is 6.68. The van der Waals surface area contributed by atoms with Gasteiger partial charge in [0.25, 0.3) is 0 Å². The minimum atomic E-state index is -0.275. The van der Waals surface area contributed by atoms with Gasteiger partial charge in [0.05, 0.1) is 6.42 Å². The Bertz CT molecular complexity index is 402. The van der Waals surface area contributed by atoms with E-state index in [9.17, 15) is 9.18 Å². The number of hydrogen-bond donors (Lipinski definition) is 2. The third-order valence-corrected chi connectivity index (χ3v) is 3.24. The Morgan fingerprint density at radius 3 is 2.63 bits per heavy atom. The van der Waals surface area contributed by atoms with Crippen LogP contribution in [0.25, 0.3) is 0 Å². The fourth-order valence-electron chi connectivity index (χ4n) is 2.14. The van der Waals surface area contributed by atoms with Crippen LogP contribution in [-0.2, 0) is 11.2 Å². The Hall–Kier alpha value is -1.46. The van der Waals surface area contributed by atoms with Crippen LogP contribution in [0.3, 0.4) is 0 Å². The first-order valence-corrected chi connectivity index (χ1v) is 6.68. The van der Waals surface area contributed by atoms with E-state index in [-0.39, 0.29) is 11.7 Å². The largest absolute Gasteiger partial charge is 0.355 e. The number of rotatable bonds is 5. The highest BCUT2D eigenvalue weighted by Crippen LogP contribution is 2.03. The van der Waals surface area contributed by atoms with Crippen molar-refractivity contribution in [1.29, 1.82) is 0 Å². The predicted octanol–water partition coefficient (Wildman–Crippen LogP) is 0.390. The van der Waals surface area contributed by atoms with Gasteiger partial charge in [-0.1, -0.05) is 12.1 Å². The van der Waals surface area contributed by atoms with E-state index in [1.807, 2.05) is 0 Å². The second kappa shape index (κ2) is 7.21. The van der Waals surface area contributed by atoms with Gasteiger partial charge in [-0.05, 0) is 17.7 Å². The molecule has 1 aliphatic rings. The fourth-order valence-corrected chi connectivity index (χ4v) is 2.14. The molecule has 0 unspecified atom stereocenters. The number of carbonyl (C=O) groups is 1. The Kier molecular flexibility index (Phi) is 5.30. The lowest BCUT2D eigenvalue weighted by Gasteiger charge is -2.27. The van der Waals surface area contributed by atoms with Gasteiger partial charge in [-0.15, -0.1) is 0 Å². The molecule has 0 spiro atoms. The first kappa shape index (κ1) is 14.0. The first-order chi connectivity index (χ1) is 9.24. The van der Waals surface area contributed by atoms with E-state index in [2.05, 4.69) is 15.5 Å². The molecule has 0 aliphatic carbocycles. The average molecular weight is 265 g/mol. The van der Waals surface area contributed by atoms with Gasteiger partial charge in [-0.2, -0.15) is 0 Å². The lowest BCUT2D eigenvalue weighted by Crippen LogP contribution is -2.46. The Morgan fingerprint density at radius 2 is 1.95 bits per heavy atom. The highest BCUT2D eigenvalue weighted by molar-refractivity contribution is 5.78. The zero-order chi connectivity index (χ0) is 13.5.